The Morgan fingerprint density at radius 2 is 2.20 bits per heavy atom. The van der Waals surface area contributed by atoms with Gasteiger partial charge in [-0.2, -0.15) is 0 Å². The Hall–Kier alpha value is -1.29. The van der Waals surface area contributed by atoms with Crippen LogP contribution in [0.25, 0.3) is 10.9 Å². The van der Waals surface area contributed by atoms with Crippen molar-refractivity contribution >= 4 is 32.7 Å². The SMILES string of the molecule is NC(=O)CCn1ccc2c(Br)cccc21. The number of hydrogen-bond donors (Lipinski definition) is 1. The standard InChI is InChI=1S/C11H11BrN2O/c12-9-2-1-3-10-8(9)4-6-14(10)7-5-11(13)15/h1-4,6H,5,7H2,(H2,13,15). The summed E-state index contributed by atoms with van der Waals surface area (Å²) in [5.41, 5.74) is 6.24. The smallest absolute Gasteiger partial charge is 0.219 e. The Morgan fingerprint density at radius 3 is 2.93 bits per heavy atom. The topological polar surface area (TPSA) is 48.0 Å². The van der Waals surface area contributed by atoms with Crippen LogP contribution in [0, 0.1) is 0 Å². The van der Waals surface area contributed by atoms with Gasteiger partial charge >= 0.3 is 0 Å². The van der Waals surface area contributed by atoms with Gasteiger partial charge < -0.3 is 10.3 Å². The van der Waals surface area contributed by atoms with E-state index in [0.29, 0.717) is 13.0 Å². The zero-order valence-corrected chi connectivity index (χ0v) is 9.70. The fraction of sp³-hybridized carbons (Fsp3) is 0.182. The number of rotatable bonds is 3. The number of nitrogens with two attached hydrogens (primary N) is 1. The first-order valence-electron chi connectivity index (χ1n) is 4.70. The van der Waals surface area contributed by atoms with E-state index in [1.54, 1.807) is 0 Å². The molecule has 1 aromatic heterocycles. The molecule has 78 valence electrons. The number of primary amides is 1. The Bertz CT molecular complexity index is 504. The molecule has 0 saturated heterocycles. The number of nitrogens with zero attached hydrogens (tertiary/aromatic N) is 1. The van der Waals surface area contributed by atoms with Crippen molar-refractivity contribution in [2.24, 2.45) is 5.73 Å². The van der Waals surface area contributed by atoms with Crippen molar-refractivity contribution in [3.63, 3.8) is 0 Å². The van der Waals surface area contributed by atoms with Crippen LogP contribution in [0.2, 0.25) is 0 Å². The van der Waals surface area contributed by atoms with Crippen LogP contribution in [0.5, 0.6) is 0 Å². The van der Waals surface area contributed by atoms with E-state index in [1.165, 1.54) is 0 Å². The Labute approximate surface area is 96.0 Å². The van der Waals surface area contributed by atoms with Crippen molar-refractivity contribution in [3.05, 3.63) is 34.9 Å². The van der Waals surface area contributed by atoms with Gasteiger partial charge in [-0.25, -0.2) is 0 Å². The van der Waals surface area contributed by atoms with Gasteiger partial charge in [-0.05, 0) is 18.2 Å². The lowest BCUT2D eigenvalue weighted by Gasteiger charge is -2.03. The summed E-state index contributed by atoms with van der Waals surface area (Å²) in [5, 5.41) is 1.15. The molecule has 0 radical (unpaired) electrons. The van der Waals surface area contributed by atoms with E-state index in [4.69, 9.17) is 5.73 Å². The zero-order chi connectivity index (χ0) is 10.8. The normalized spacial score (nSPS) is 10.7. The molecule has 0 aliphatic carbocycles. The van der Waals surface area contributed by atoms with Crippen molar-refractivity contribution in [2.75, 3.05) is 0 Å². The second-order valence-corrected chi connectivity index (χ2v) is 4.25. The number of aromatic nitrogens is 1. The van der Waals surface area contributed by atoms with E-state index in [1.807, 2.05) is 35.0 Å². The highest BCUT2D eigenvalue weighted by atomic mass is 79.9. The molecule has 15 heavy (non-hydrogen) atoms. The first-order valence-corrected chi connectivity index (χ1v) is 5.49. The second kappa shape index (κ2) is 4.06. The van der Waals surface area contributed by atoms with Crippen LogP contribution >= 0.6 is 15.9 Å². The van der Waals surface area contributed by atoms with Gasteiger partial charge in [-0.1, -0.05) is 22.0 Å². The average Bonchev–Trinajstić information content (AvgIpc) is 2.59. The highest BCUT2D eigenvalue weighted by Crippen LogP contribution is 2.24. The molecule has 2 aromatic rings. The van der Waals surface area contributed by atoms with E-state index in [-0.39, 0.29) is 5.91 Å². The van der Waals surface area contributed by atoms with Gasteiger partial charge in [0.1, 0.15) is 0 Å². The minimum atomic E-state index is -0.271. The highest BCUT2D eigenvalue weighted by molar-refractivity contribution is 9.10. The molecule has 0 fully saturated rings. The summed E-state index contributed by atoms with van der Waals surface area (Å²) in [4.78, 5) is 10.7. The maximum atomic E-state index is 10.7. The third-order valence-corrected chi connectivity index (χ3v) is 3.05. The lowest BCUT2D eigenvalue weighted by atomic mass is 10.2. The quantitative estimate of drug-likeness (QED) is 0.911. The lowest BCUT2D eigenvalue weighted by molar-refractivity contribution is -0.118. The van der Waals surface area contributed by atoms with E-state index >= 15 is 0 Å². The van der Waals surface area contributed by atoms with Crippen LogP contribution < -0.4 is 5.73 Å². The van der Waals surface area contributed by atoms with Gasteiger partial charge in [0, 0.05) is 34.5 Å². The van der Waals surface area contributed by atoms with E-state index in [0.717, 1.165) is 15.4 Å². The van der Waals surface area contributed by atoms with Gasteiger partial charge in [0.15, 0.2) is 0 Å². The first-order chi connectivity index (χ1) is 7.18. The molecule has 0 unspecified atom stereocenters. The number of amides is 1. The Morgan fingerprint density at radius 1 is 1.40 bits per heavy atom. The van der Waals surface area contributed by atoms with Crippen molar-refractivity contribution in [2.45, 2.75) is 13.0 Å². The summed E-state index contributed by atoms with van der Waals surface area (Å²) in [5.74, 6) is -0.271. The van der Waals surface area contributed by atoms with Crippen LogP contribution in [-0.4, -0.2) is 10.5 Å². The highest BCUT2D eigenvalue weighted by Gasteiger charge is 2.04. The molecular weight excluding hydrogens is 256 g/mol. The van der Waals surface area contributed by atoms with Gasteiger partial charge in [-0.3, -0.25) is 4.79 Å². The van der Waals surface area contributed by atoms with Crippen LogP contribution in [0.1, 0.15) is 6.42 Å². The van der Waals surface area contributed by atoms with Gasteiger partial charge in [-0.15, -0.1) is 0 Å². The predicted octanol–water partition coefficient (Wildman–Crippen LogP) is 2.28. The molecule has 1 aromatic carbocycles. The Kier molecular flexibility index (Phi) is 2.77. The largest absolute Gasteiger partial charge is 0.370 e. The summed E-state index contributed by atoms with van der Waals surface area (Å²) in [6.07, 6.45) is 2.34. The summed E-state index contributed by atoms with van der Waals surface area (Å²) < 4.78 is 3.10. The number of carbonyl (C=O) groups is 1. The van der Waals surface area contributed by atoms with Gasteiger partial charge in [0.25, 0.3) is 0 Å². The third-order valence-electron chi connectivity index (χ3n) is 2.36. The number of hydrogen-bond acceptors (Lipinski definition) is 1. The molecule has 0 saturated carbocycles. The van der Waals surface area contributed by atoms with Crippen molar-refractivity contribution < 1.29 is 4.79 Å². The van der Waals surface area contributed by atoms with Crippen molar-refractivity contribution in [3.8, 4) is 0 Å². The van der Waals surface area contributed by atoms with Gasteiger partial charge in [0.2, 0.25) is 5.91 Å². The van der Waals surface area contributed by atoms with E-state index in [9.17, 15) is 4.79 Å². The van der Waals surface area contributed by atoms with Crippen molar-refractivity contribution in [1.29, 1.82) is 0 Å². The zero-order valence-electron chi connectivity index (χ0n) is 8.11. The molecule has 3 nitrogen and oxygen atoms in total. The fourth-order valence-electron chi connectivity index (χ4n) is 1.61. The molecule has 2 N–H and O–H groups in total. The third kappa shape index (κ3) is 2.04. The summed E-state index contributed by atoms with van der Waals surface area (Å²) in [7, 11) is 0. The molecule has 1 amide bonds. The summed E-state index contributed by atoms with van der Waals surface area (Å²) in [6, 6.07) is 8.04. The Balaban J connectivity index is 2.37. The van der Waals surface area contributed by atoms with Crippen LogP contribution in [-0.2, 0) is 11.3 Å². The van der Waals surface area contributed by atoms with Crippen LogP contribution in [0.3, 0.4) is 0 Å². The molecule has 0 bridgehead atoms. The molecule has 0 aliphatic rings. The molecule has 0 atom stereocenters. The molecule has 4 heteroatoms. The predicted molar refractivity (Wildman–Crippen MR) is 63.4 cm³/mol. The van der Waals surface area contributed by atoms with E-state index in [2.05, 4.69) is 15.9 Å². The molecule has 0 spiro atoms. The first kappa shape index (κ1) is 10.2. The number of fused-ring (bicyclic) bond motifs is 1. The number of halogens is 1. The maximum absolute atomic E-state index is 10.7. The minimum absolute atomic E-state index is 0.271. The van der Waals surface area contributed by atoms with Crippen LogP contribution in [0.4, 0.5) is 0 Å². The average molecular weight is 267 g/mol. The fourth-order valence-corrected chi connectivity index (χ4v) is 2.10. The summed E-state index contributed by atoms with van der Waals surface area (Å²) >= 11 is 3.49. The number of carbonyl (C=O) groups excluding carboxylic acids is 1. The van der Waals surface area contributed by atoms with Gasteiger partial charge in [0.05, 0.1) is 0 Å². The second-order valence-electron chi connectivity index (χ2n) is 3.40. The van der Waals surface area contributed by atoms with Crippen molar-refractivity contribution in [1.82, 2.24) is 4.57 Å². The summed E-state index contributed by atoms with van der Waals surface area (Å²) in [6.45, 7) is 0.634. The number of benzene rings is 1. The lowest BCUT2D eigenvalue weighted by Crippen LogP contribution is -2.13. The minimum Gasteiger partial charge on any atom is -0.370 e. The monoisotopic (exact) mass is 266 g/mol. The molecular formula is C11H11BrN2O. The number of aryl methyl sites for hydroxylation is 1. The molecule has 2 rings (SSSR count). The van der Waals surface area contributed by atoms with E-state index < -0.39 is 0 Å². The molecule has 0 aliphatic heterocycles. The maximum Gasteiger partial charge on any atom is 0.219 e. The molecule has 1 heterocycles. The van der Waals surface area contributed by atoms with Crippen LogP contribution in [0.15, 0.2) is 34.9 Å².